The predicted molar refractivity (Wildman–Crippen MR) is 130 cm³/mol. The van der Waals surface area contributed by atoms with Crippen LogP contribution in [0.5, 0.6) is 5.75 Å². The van der Waals surface area contributed by atoms with Crippen LogP contribution in [0.25, 0.3) is 0 Å². The molecule has 0 bridgehead atoms. The molecule has 8 heteroatoms. The summed E-state index contributed by atoms with van der Waals surface area (Å²) in [4.78, 5) is 16.9. The van der Waals surface area contributed by atoms with Crippen molar-refractivity contribution in [2.75, 3.05) is 27.2 Å². The number of alkyl halides is 3. The molecule has 5 nitrogen and oxygen atoms in total. The van der Waals surface area contributed by atoms with E-state index in [1.165, 1.54) is 0 Å². The van der Waals surface area contributed by atoms with E-state index < -0.39 is 11.9 Å². The second-order valence-corrected chi connectivity index (χ2v) is 9.66. The van der Waals surface area contributed by atoms with Crippen molar-refractivity contribution < 1.29 is 22.7 Å². The van der Waals surface area contributed by atoms with Crippen molar-refractivity contribution in [3.05, 3.63) is 58.4 Å². The van der Waals surface area contributed by atoms with E-state index in [1.807, 2.05) is 39.1 Å². The molecule has 1 aromatic carbocycles. The Hall–Kier alpha value is -2.61. The lowest BCUT2D eigenvalue weighted by Gasteiger charge is -2.34. The van der Waals surface area contributed by atoms with Crippen molar-refractivity contribution in [2.45, 2.75) is 64.7 Å². The SMILES string of the molecule is CNC(=O)C1CN(C)C1.Cc1ccc(OCc2ccc(C3CCCCC3)c(C(F)(F)F)n2)c(C)c1. The molecule has 192 valence electrons. The Bertz CT molecular complexity index is 998. The Morgan fingerprint density at radius 2 is 1.80 bits per heavy atom. The molecule has 35 heavy (non-hydrogen) atoms. The molecule has 1 N–H and O–H groups in total. The third kappa shape index (κ3) is 7.43. The Labute approximate surface area is 206 Å². The summed E-state index contributed by atoms with van der Waals surface area (Å²) in [6.45, 7) is 5.76. The van der Waals surface area contributed by atoms with Crippen molar-refractivity contribution in [1.29, 1.82) is 0 Å². The van der Waals surface area contributed by atoms with Crippen LogP contribution in [0.4, 0.5) is 13.2 Å². The van der Waals surface area contributed by atoms with Gasteiger partial charge in [0.1, 0.15) is 18.1 Å². The Morgan fingerprint density at radius 3 is 2.37 bits per heavy atom. The number of aromatic nitrogens is 1. The Balaban J connectivity index is 0.000000320. The molecular weight excluding hydrogens is 455 g/mol. The summed E-state index contributed by atoms with van der Waals surface area (Å²) in [7, 11) is 3.69. The van der Waals surface area contributed by atoms with Gasteiger partial charge in [-0.3, -0.25) is 4.79 Å². The van der Waals surface area contributed by atoms with E-state index in [0.717, 1.165) is 56.3 Å². The molecule has 1 aromatic heterocycles. The molecule has 0 spiro atoms. The van der Waals surface area contributed by atoms with Crippen molar-refractivity contribution in [3.63, 3.8) is 0 Å². The largest absolute Gasteiger partial charge is 0.487 e. The van der Waals surface area contributed by atoms with Gasteiger partial charge in [-0.05, 0) is 62.9 Å². The fourth-order valence-electron chi connectivity index (χ4n) is 4.74. The normalized spacial score (nSPS) is 17.2. The molecule has 0 radical (unpaired) electrons. The van der Waals surface area contributed by atoms with Gasteiger partial charge in [0.25, 0.3) is 0 Å². The number of pyridine rings is 1. The number of halogens is 3. The van der Waals surface area contributed by atoms with E-state index >= 15 is 0 Å². The number of nitrogens with zero attached hydrogens (tertiary/aromatic N) is 2. The minimum absolute atomic E-state index is 0.0257. The van der Waals surface area contributed by atoms with Crippen LogP contribution in [0.1, 0.15) is 66.1 Å². The number of amides is 1. The highest BCUT2D eigenvalue weighted by Gasteiger charge is 2.37. The second kappa shape index (κ2) is 11.9. The van der Waals surface area contributed by atoms with Crippen LogP contribution in [-0.4, -0.2) is 43.0 Å². The maximum atomic E-state index is 13.6. The lowest BCUT2D eigenvalue weighted by atomic mass is 9.83. The summed E-state index contributed by atoms with van der Waals surface area (Å²) < 4.78 is 46.4. The highest BCUT2D eigenvalue weighted by Crippen LogP contribution is 2.39. The van der Waals surface area contributed by atoms with E-state index in [1.54, 1.807) is 19.2 Å². The number of hydrogen-bond donors (Lipinski definition) is 1. The van der Waals surface area contributed by atoms with Crippen LogP contribution in [0.15, 0.2) is 30.3 Å². The zero-order valence-electron chi connectivity index (χ0n) is 21.0. The second-order valence-electron chi connectivity index (χ2n) is 9.66. The molecule has 0 unspecified atom stereocenters. The first-order chi connectivity index (χ1) is 16.6. The summed E-state index contributed by atoms with van der Waals surface area (Å²) in [6.07, 6.45) is 0.251. The molecule has 4 rings (SSSR count). The lowest BCUT2D eigenvalue weighted by Crippen LogP contribution is -2.50. The standard InChI is InChI=1S/C21H24F3NO.C6H12N2O/c1-14-8-11-19(15(2)12-14)26-13-17-9-10-18(16-6-4-3-5-7-16)20(25-17)21(22,23)24;1-7-6(9)5-3-8(2)4-5/h8-12,16H,3-7,13H2,1-2H3;5H,3-4H2,1-2H3,(H,7,9). The number of carbonyl (C=O) groups excluding carboxylic acids is 1. The number of nitrogens with one attached hydrogen (secondary N) is 1. The van der Waals surface area contributed by atoms with Gasteiger partial charge < -0.3 is 15.0 Å². The zero-order chi connectivity index (χ0) is 25.6. The van der Waals surface area contributed by atoms with Crippen molar-refractivity contribution in [3.8, 4) is 5.75 Å². The van der Waals surface area contributed by atoms with Gasteiger partial charge in [0.2, 0.25) is 5.91 Å². The van der Waals surface area contributed by atoms with E-state index in [9.17, 15) is 18.0 Å². The summed E-state index contributed by atoms with van der Waals surface area (Å²) in [5, 5.41) is 2.62. The number of hydrogen-bond acceptors (Lipinski definition) is 4. The Morgan fingerprint density at radius 1 is 1.11 bits per heavy atom. The first-order valence-corrected chi connectivity index (χ1v) is 12.3. The number of benzene rings is 1. The van der Waals surface area contributed by atoms with Gasteiger partial charge in [-0.25, -0.2) is 4.98 Å². The number of likely N-dealkylation sites (tertiary alicyclic amines) is 1. The minimum atomic E-state index is -4.44. The smallest absolute Gasteiger partial charge is 0.433 e. The fourth-order valence-corrected chi connectivity index (χ4v) is 4.74. The van der Waals surface area contributed by atoms with Crippen LogP contribution < -0.4 is 10.1 Å². The molecule has 1 aliphatic heterocycles. The van der Waals surface area contributed by atoms with Crippen LogP contribution >= 0.6 is 0 Å². The molecule has 2 aromatic rings. The van der Waals surface area contributed by atoms with Gasteiger partial charge >= 0.3 is 6.18 Å². The maximum Gasteiger partial charge on any atom is 0.433 e. The van der Waals surface area contributed by atoms with E-state index in [-0.39, 0.29) is 24.3 Å². The maximum absolute atomic E-state index is 13.6. The molecular formula is C27H36F3N3O2. The highest BCUT2D eigenvalue weighted by atomic mass is 19.4. The zero-order valence-corrected chi connectivity index (χ0v) is 21.0. The van der Waals surface area contributed by atoms with Crippen LogP contribution in [0.3, 0.4) is 0 Å². The van der Waals surface area contributed by atoms with Gasteiger partial charge in [-0.1, -0.05) is 43.0 Å². The molecule has 2 heterocycles. The summed E-state index contributed by atoms with van der Waals surface area (Å²) in [5.74, 6) is 1.05. The summed E-state index contributed by atoms with van der Waals surface area (Å²) in [6, 6.07) is 9.01. The van der Waals surface area contributed by atoms with Crippen molar-refractivity contribution in [1.82, 2.24) is 15.2 Å². The molecule has 1 saturated carbocycles. The first kappa shape index (κ1) is 27.0. The summed E-state index contributed by atoms with van der Waals surface area (Å²) in [5.41, 5.74) is 1.97. The number of ether oxygens (including phenoxy) is 1. The molecule has 0 atom stereocenters. The van der Waals surface area contributed by atoms with Crippen LogP contribution in [0, 0.1) is 19.8 Å². The average molecular weight is 492 g/mol. The van der Waals surface area contributed by atoms with Crippen LogP contribution in [-0.2, 0) is 17.6 Å². The minimum Gasteiger partial charge on any atom is -0.487 e. The topological polar surface area (TPSA) is 54.5 Å². The first-order valence-electron chi connectivity index (χ1n) is 12.3. The van der Waals surface area contributed by atoms with Crippen LogP contribution in [0.2, 0.25) is 0 Å². The Kier molecular flexibility index (Phi) is 9.16. The fraction of sp³-hybridized carbons (Fsp3) is 0.556. The van der Waals surface area contributed by atoms with Gasteiger partial charge in [-0.2, -0.15) is 13.2 Å². The van der Waals surface area contributed by atoms with Gasteiger partial charge in [0, 0.05) is 20.1 Å². The van der Waals surface area contributed by atoms with E-state index in [0.29, 0.717) is 17.0 Å². The summed E-state index contributed by atoms with van der Waals surface area (Å²) >= 11 is 0. The monoisotopic (exact) mass is 491 g/mol. The molecule has 2 aliphatic rings. The number of rotatable bonds is 5. The molecule has 1 amide bonds. The molecule has 1 saturated heterocycles. The van der Waals surface area contributed by atoms with Gasteiger partial charge in [0.15, 0.2) is 0 Å². The average Bonchev–Trinajstić information content (AvgIpc) is 2.81. The van der Waals surface area contributed by atoms with E-state index in [2.05, 4.69) is 15.2 Å². The quantitative estimate of drug-likeness (QED) is 0.588. The predicted octanol–water partition coefficient (Wildman–Crippen LogP) is 5.64. The van der Waals surface area contributed by atoms with E-state index in [4.69, 9.17) is 4.74 Å². The number of aryl methyl sites for hydroxylation is 2. The number of carbonyl (C=O) groups is 1. The lowest BCUT2D eigenvalue weighted by molar-refractivity contribution is -0.142. The van der Waals surface area contributed by atoms with Crippen molar-refractivity contribution in [2.24, 2.45) is 5.92 Å². The van der Waals surface area contributed by atoms with Crippen molar-refractivity contribution >= 4 is 5.91 Å². The van der Waals surface area contributed by atoms with Gasteiger partial charge in [-0.15, -0.1) is 0 Å². The highest BCUT2D eigenvalue weighted by molar-refractivity contribution is 5.79. The third-order valence-corrected chi connectivity index (χ3v) is 6.68. The third-order valence-electron chi connectivity index (χ3n) is 6.68. The molecule has 1 aliphatic carbocycles. The van der Waals surface area contributed by atoms with Gasteiger partial charge in [0.05, 0.1) is 11.6 Å². The molecule has 2 fully saturated rings.